The number of nitrogens with one attached hydrogen (secondary N) is 1. The number of hydrogen-bond donors (Lipinski definition) is 1. The van der Waals surface area contributed by atoms with Crippen molar-refractivity contribution < 1.29 is 4.79 Å². The fourth-order valence-corrected chi connectivity index (χ4v) is 3.52. The Labute approximate surface area is 155 Å². The fraction of sp³-hybridized carbons (Fsp3) is 0.500. The quantitative estimate of drug-likeness (QED) is 0.865. The predicted molar refractivity (Wildman–Crippen MR) is 104 cm³/mol. The van der Waals surface area contributed by atoms with Gasteiger partial charge in [-0.05, 0) is 52.0 Å². The van der Waals surface area contributed by atoms with Gasteiger partial charge >= 0.3 is 6.03 Å². The van der Waals surface area contributed by atoms with Gasteiger partial charge in [0.15, 0.2) is 0 Å². The zero-order chi connectivity index (χ0) is 18.4. The number of imidazole rings is 1. The molecule has 140 valence electrons. The van der Waals surface area contributed by atoms with Gasteiger partial charge in [-0.25, -0.2) is 9.78 Å². The second-order valence-corrected chi connectivity index (χ2v) is 7.22. The molecular weight excluding hydrogens is 326 g/mol. The highest BCUT2D eigenvalue weighted by atomic mass is 16.2. The average molecular weight is 355 g/mol. The van der Waals surface area contributed by atoms with Crippen molar-refractivity contribution in [3.63, 3.8) is 0 Å². The predicted octanol–water partition coefficient (Wildman–Crippen LogP) is 3.25. The van der Waals surface area contributed by atoms with E-state index in [0.29, 0.717) is 5.92 Å². The summed E-state index contributed by atoms with van der Waals surface area (Å²) in [5, 5.41) is 2.99. The molecule has 0 aliphatic carbocycles. The van der Waals surface area contributed by atoms with Gasteiger partial charge in [0, 0.05) is 43.6 Å². The van der Waals surface area contributed by atoms with E-state index >= 15 is 0 Å². The minimum absolute atomic E-state index is 0.0217. The molecule has 1 saturated heterocycles. The summed E-state index contributed by atoms with van der Waals surface area (Å²) in [6, 6.07) is 9.61. The van der Waals surface area contributed by atoms with E-state index in [1.54, 1.807) is 0 Å². The first-order chi connectivity index (χ1) is 12.6. The first-order valence-corrected chi connectivity index (χ1v) is 9.40. The van der Waals surface area contributed by atoms with Crippen LogP contribution in [0.2, 0.25) is 0 Å². The zero-order valence-electron chi connectivity index (χ0n) is 15.8. The number of para-hydroxylation sites is 1. The Kier molecular flexibility index (Phi) is 6.28. The number of carbonyl (C=O) groups excluding carboxylic acids is 1. The fourth-order valence-electron chi connectivity index (χ4n) is 3.52. The summed E-state index contributed by atoms with van der Waals surface area (Å²) in [4.78, 5) is 21.3. The number of rotatable bonds is 6. The van der Waals surface area contributed by atoms with Crippen molar-refractivity contribution in [2.75, 3.05) is 39.0 Å². The molecule has 1 aliphatic rings. The highest BCUT2D eigenvalue weighted by molar-refractivity contribution is 5.89. The van der Waals surface area contributed by atoms with Crippen molar-refractivity contribution in [2.45, 2.75) is 31.7 Å². The maximum atomic E-state index is 12.6. The van der Waals surface area contributed by atoms with Crippen LogP contribution >= 0.6 is 0 Å². The number of amides is 2. The van der Waals surface area contributed by atoms with Crippen molar-refractivity contribution in [1.29, 1.82) is 0 Å². The minimum atomic E-state index is -0.0217. The van der Waals surface area contributed by atoms with E-state index in [4.69, 9.17) is 0 Å². The molecular formula is C20H29N5O. The van der Waals surface area contributed by atoms with E-state index < -0.39 is 0 Å². The first-order valence-electron chi connectivity index (χ1n) is 9.40. The van der Waals surface area contributed by atoms with Crippen molar-refractivity contribution in [1.82, 2.24) is 19.4 Å². The molecule has 6 nitrogen and oxygen atoms in total. The van der Waals surface area contributed by atoms with E-state index in [0.717, 1.165) is 57.0 Å². The van der Waals surface area contributed by atoms with Crippen molar-refractivity contribution in [3.05, 3.63) is 48.5 Å². The van der Waals surface area contributed by atoms with Gasteiger partial charge in [-0.15, -0.1) is 0 Å². The molecule has 2 amide bonds. The standard InChI is InChI=1S/C20H29N5O/c1-23(2)12-7-14-24-15-11-21-19(24)17-8-6-13-25(16-17)20(26)22-18-9-4-3-5-10-18/h3-5,9-11,15,17H,6-8,12-14,16H2,1-2H3,(H,22,26). The summed E-state index contributed by atoms with van der Waals surface area (Å²) in [5.74, 6) is 1.42. The Bertz CT molecular complexity index is 697. The van der Waals surface area contributed by atoms with Gasteiger partial charge < -0.3 is 19.7 Å². The van der Waals surface area contributed by atoms with Crippen LogP contribution in [0.5, 0.6) is 0 Å². The van der Waals surface area contributed by atoms with E-state index in [1.807, 2.05) is 41.4 Å². The Morgan fingerprint density at radius 1 is 1.31 bits per heavy atom. The van der Waals surface area contributed by atoms with Crippen LogP contribution in [-0.2, 0) is 6.54 Å². The molecule has 0 radical (unpaired) electrons. The number of nitrogens with zero attached hydrogens (tertiary/aromatic N) is 4. The van der Waals surface area contributed by atoms with E-state index in [1.165, 1.54) is 0 Å². The molecule has 1 N–H and O–H groups in total. The number of anilines is 1. The van der Waals surface area contributed by atoms with Crippen LogP contribution < -0.4 is 5.32 Å². The molecule has 0 bridgehead atoms. The summed E-state index contributed by atoms with van der Waals surface area (Å²) in [5.41, 5.74) is 0.838. The molecule has 1 aliphatic heterocycles. The molecule has 2 aromatic rings. The molecule has 1 fully saturated rings. The molecule has 1 aromatic carbocycles. The summed E-state index contributed by atoms with van der Waals surface area (Å²) >= 11 is 0. The first kappa shape index (κ1) is 18.5. The molecule has 1 aromatic heterocycles. The second kappa shape index (κ2) is 8.85. The van der Waals surface area contributed by atoms with Crippen LogP contribution in [0, 0.1) is 0 Å². The van der Waals surface area contributed by atoms with Crippen LogP contribution in [0.25, 0.3) is 0 Å². The Hall–Kier alpha value is -2.34. The number of urea groups is 1. The highest BCUT2D eigenvalue weighted by Gasteiger charge is 2.27. The van der Waals surface area contributed by atoms with Crippen LogP contribution in [0.4, 0.5) is 10.5 Å². The Morgan fingerprint density at radius 3 is 2.88 bits per heavy atom. The van der Waals surface area contributed by atoms with Crippen LogP contribution in [0.15, 0.2) is 42.7 Å². The lowest BCUT2D eigenvalue weighted by Crippen LogP contribution is -2.42. The Morgan fingerprint density at radius 2 is 2.12 bits per heavy atom. The number of aryl methyl sites for hydroxylation is 1. The molecule has 3 rings (SSSR count). The lowest BCUT2D eigenvalue weighted by atomic mass is 9.97. The average Bonchev–Trinajstić information content (AvgIpc) is 3.11. The number of carbonyl (C=O) groups is 1. The minimum Gasteiger partial charge on any atom is -0.335 e. The number of aromatic nitrogens is 2. The lowest BCUT2D eigenvalue weighted by Gasteiger charge is -2.32. The van der Waals surface area contributed by atoms with Gasteiger partial charge in [0.2, 0.25) is 0 Å². The van der Waals surface area contributed by atoms with Gasteiger partial charge in [0.05, 0.1) is 0 Å². The number of hydrogen-bond acceptors (Lipinski definition) is 3. The van der Waals surface area contributed by atoms with E-state index in [-0.39, 0.29) is 6.03 Å². The zero-order valence-corrected chi connectivity index (χ0v) is 15.8. The third-order valence-corrected chi connectivity index (χ3v) is 4.85. The molecule has 0 spiro atoms. The number of piperidine rings is 1. The Balaban J connectivity index is 1.60. The lowest BCUT2D eigenvalue weighted by molar-refractivity contribution is 0.190. The second-order valence-electron chi connectivity index (χ2n) is 7.22. The molecule has 6 heteroatoms. The van der Waals surface area contributed by atoms with Crippen LogP contribution in [0.1, 0.15) is 31.0 Å². The smallest absolute Gasteiger partial charge is 0.321 e. The summed E-state index contributed by atoms with van der Waals surface area (Å²) in [7, 11) is 4.19. The molecule has 1 unspecified atom stereocenters. The molecule has 26 heavy (non-hydrogen) atoms. The normalized spacial score (nSPS) is 17.5. The molecule has 2 heterocycles. The van der Waals surface area contributed by atoms with Crippen molar-refractivity contribution >= 4 is 11.7 Å². The third-order valence-electron chi connectivity index (χ3n) is 4.85. The van der Waals surface area contributed by atoms with Gasteiger partial charge in [-0.2, -0.15) is 0 Å². The summed E-state index contributed by atoms with van der Waals surface area (Å²) < 4.78 is 2.26. The number of benzene rings is 1. The topological polar surface area (TPSA) is 53.4 Å². The largest absolute Gasteiger partial charge is 0.335 e. The molecule has 1 atom stereocenters. The maximum absolute atomic E-state index is 12.6. The van der Waals surface area contributed by atoms with Crippen LogP contribution in [-0.4, -0.2) is 59.1 Å². The third kappa shape index (κ3) is 4.85. The van der Waals surface area contributed by atoms with Gasteiger partial charge in [-0.1, -0.05) is 18.2 Å². The van der Waals surface area contributed by atoms with Gasteiger partial charge in [-0.3, -0.25) is 0 Å². The SMILES string of the molecule is CN(C)CCCn1ccnc1C1CCCN(C(=O)Nc2ccccc2)C1. The highest BCUT2D eigenvalue weighted by Crippen LogP contribution is 2.26. The van der Waals surface area contributed by atoms with E-state index in [2.05, 4.69) is 40.1 Å². The molecule has 0 saturated carbocycles. The van der Waals surface area contributed by atoms with Gasteiger partial charge in [0.1, 0.15) is 5.82 Å². The maximum Gasteiger partial charge on any atom is 0.321 e. The summed E-state index contributed by atoms with van der Waals surface area (Å²) in [6.45, 7) is 3.56. The number of likely N-dealkylation sites (tertiary alicyclic amines) is 1. The monoisotopic (exact) mass is 355 g/mol. The summed E-state index contributed by atoms with van der Waals surface area (Å²) in [6.07, 6.45) is 7.14. The van der Waals surface area contributed by atoms with E-state index in [9.17, 15) is 4.79 Å². The van der Waals surface area contributed by atoms with Crippen LogP contribution in [0.3, 0.4) is 0 Å². The van der Waals surface area contributed by atoms with Gasteiger partial charge in [0.25, 0.3) is 0 Å². The van der Waals surface area contributed by atoms with Crippen molar-refractivity contribution in [2.24, 2.45) is 0 Å². The van der Waals surface area contributed by atoms with Crippen molar-refractivity contribution in [3.8, 4) is 0 Å².